The van der Waals surface area contributed by atoms with Crippen LogP contribution in [0, 0.1) is 12.8 Å². The summed E-state index contributed by atoms with van der Waals surface area (Å²) in [7, 11) is -1.86. The minimum absolute atomic E-state index is 0.0425. The van der Waals surface area contributed by atoms with E-state index in [0.717, 1.165) is 12.0 Å². The number of ether oxygens (including phenoxy) is 1. The largest absolute Gasteiger partial charge is 0.373 e. The summed E-state index contributed by atoms with van der Waals surface area (Å²) >= 11 is 0. The van der Waals surface area contributed by atoms with E-state index in [1.807, 2.05) is 6.92 Å². The van der Waals surface area contributed by atoms with Crippen molar-refractivity contribution in [3.63, 3.8) is 0 Å². The van der Waals surface area contributed by atoms with E-state index in [1.54, 1.807) is 31.3 Å². The maximum absolute atomic E-state index is 12.7. The highest BCUT2D eigenvalue weighted by Gasteiger charge is 2.46. The summed E-state index contributed by atoms with van der Waals surface area (Å²) in [5, 5.41) is 2.59. The fourth-order valence-corrected chi connectivity index (χ4v) is 4.83. The van der Waals surface area contributed by atoms with Gasteiger partial charge in [0.25, 0.3) is 0 Å². The highest BCUT2D eigenvalue weighted by molar-refractivity contribution is 7.89. The zero-order chi connectivity index (χ0) is 16.6. The maximum Gasteiger partial charge on any atom is 0.243 e. The molecule has 23 heavy (non-hydrogen) atoms. The van der Waals surface area contributed by atoms with Crippen LogP contribution in [0.2, 0.25) is 0 Å². The molecular formula is C16H22N2O4S. The molecule has 0 aliphatic carbocycles. The van der Waals surface area contributed by atoms with Crippen LogP contribution in [0.15, 0.2) is 29.2 Å². The molecule has 2 aliphatic heterocycles. The van der Waals surface area contributed by atoms with Gasteiger partial charge in [-0.1, -0.05) is 17.7 Å². The van der Waals surface area contributed by atoms with Gasteiger partial charge in [0.2, 0.25) is 15.9 Å². The summed E-state index contributed by atoms with van der Waals surface area (Å²) in [5.74, 6) is 0.129. The van der Waals surface area contributed by atoms with Crippen molar-refractivity contribution in [1.82, 2.24) is 9.62 Å². The second-order valence-electron chi connectivity index (χ2n) is 6.30. The van der Waals surface area contributed by atoms with Gasteiger partial charge in [0.15, 0.2) is 0 Å². The van der Waals surface area contributed by atoms with E-state index in [4.69, 9.17) is 4.74 Å². The Morgan fingerprint density at radius 1 is 1.30 bits per heavy atom. The summed E-state index contributed by atoms with van der Waals surface area (Å²) in [5.41, 5.74) is 1.03. The number of fused-ring (bicyclic) bond motifs is 1. The Kier molecular flexibility index (Phi) is 4.44. The second-order valence-corrected chi connectivity index (χ2v) is 8.24. The van der Waals surface area contributed by atoms with Crippen molar-refractivity contribution in [3.8, 4) is 0 Å². The molecule has 0 saturated carbocycles. The normalized spacial score (nSPS) is 27.8. The number of rotatable bonds is 4. The van der Waals surface area contributed by atoms with Crippen molar-refractivity contribution in [2.45, 2.75) is 36.9 Å². The molecule has 0 spiro atoms. The number of benzene rings is 1. The Hall–Kier alpha value is -1.44. The van der Waals surface area contributed by atoms with Crippen molar-refractivity contribution < 1.29 is 17.9 Å². The second kappa shape index (κ2) is 6.22. The molecule has 1 aromatic rings. The molecule has 0 radical (unpaired) electrons. The fourth-order valence-electron chi connectivity index (χ4n) is 3.32. The SMILES string of the molecule is CNC(=O)C[C@H]1C[C@@H]2CN(S(=O)(=O)c3ccc(C)cc3)C[C@@H]2O1. The molecule has 126 valence electrons. The lowest BCUT2D eigenvalue weighted by molar-refractivity contribution is -0.123. The number of carbonyl (C=O) groups excluding carboxylic acids is 1. The van der Waals surface area contributed by atoms with Crippen LogP contribution in [0.3, 0.4) is 0 Å². The summed E-state index contributed by atoms with van der Waals surface area (Å²) in [6, 6.07) is 6.90. The topological polar surface area (TPSA) is 75.7 Å². The first-order valence-electron chi connectivity index (χ1n) is 7.83. The summed E-state index contributed by atoms with van der Waals surface area (Å²) < 4.78 is 32.8. The summed E-state index contributed by atoms with van der Waals surface area (Å²) in [4.78, 5) is 11.8. The maximum atomic E-state index is 12.7. The molecule has 2 heterocycles. The zero-order valence-corrected chi connectivity index (χ0v) is 14.2. The number of hydrogen-bond donors (Lipinski definition) is 1. The molecule has 7 heteroatoms. The number of amides is 1. The first kappa shape index (κ1) is 16.4. The molecule has 0 bridgehead atoms. The van der Waals surface area contributed by atoms with E-state index < -0.39 is 10.0 Å². The molecule has 3 atom stereocenters. The third kappa shape index (κ3) is 3.27. The lowest BCUT2D eigenvalue weighted by atomic mass is 10.0. The van der Waals surface area contributed by atoms with Crippen molar-refractivity contribution >= 4 is 15.9 Å². The van der Waals surface area contributed by atoms with E-state index in [0.29, 0.717) is 24.4 Å². The van der Waals surface area contributed by atoms with Crippen molar-refractivity contribution in [3.05, 3.63) is 29.8 Å². The van der Waals surface area contributed by atoms with Crippen LogP contribution < -0.4 is 5.32 Å². The molecule has 1 N–H and O–H groups in total. The van der Waals surface area contributed by atoms with Gasteiger partial charge in [-0.25, -0.2) is 8.42 Å². The molecule has 3 rings (SSSR count). The van der Waals surface area contributed by atoms with E-state index in [-0.39, 0.29) is 24.0 Å². The van der Waals surface area contributed by atoms with Gasteiger partial charge in [-0.05, 0) is 25.5 Å². The van der Waals surface area contributed by atoms with Gasteiger partial charge in [0, 0.05) is 26.1 Å². The van der Waals surface area contributed by atoms with Gasteiger partial charge < -0.3 is 10.1 Å². The number of hydrogen-bond acceptors (Lipinski definition) is 4. The van der Waals surface area contributed by atoms with Crippen LogP contribution in [-0.2, 0) is 19.6 Å². The van der Waals surface area contributed by atoms with Crippen molar-refractivity contribution in [2.75, 3.05) is 20.1 Å². The van der Waals surface area contributed by atoms with E-state index in [2.05, 4.69) is 5.32 Å². The number of nitrogens with one attached hydrogen (secondary N) is 1. The highest BCUT2D eigenvalue weighted by atomic mass is 32.2. The third-order valence-electron chi connectivity index (χ3n) is 4.63. The predicted octanol–water partition coefficient (Wildman–Crippen LogP) is 0.909. The van der Waals surface area contributed by atoms with Crippen molar-refractivity contribution in [2.24, 2.45) is 5.92 Å². The third-order valence-corrected chi connectivity index (χ3v) is 6.48. The van der Waals surface area contributed by atoms with Crippen LogP contribution in [0.25, 0.3) is 0 Å². The average Bonchev–Trinajstić information content (AvgIpc) is 3.06. The minimum atomic E-state index is -3.47. The average molecular weight is 338 g/mol. The van der Waals surface area contributed by atoms with Gasteiger partial charge in [-0.3, -0.25) is 4.79 Å². The lowest BCUT2D eigenvalue weighted by Crippen LogP contribution is -2.32. The van der Waals surface area contributed by atoms with E-state index in [9.17, 15) is 13.2 Å². The Bertz CT molecular complexity index is 673. The van der Waals surface area contributed by atoms with Crippen LogP contribution >= 0.6 is 0 Å². The Morgan fingerprint density at radius 3 is 2.61 bits per heavy atom. The number of aryl methyl sites for hydroxylation is 1. The quantitative estimate of drug-likeness (QED) is 0.885. The van der Waals surface area contributed by atoms with Gasteiger partial charge >= 0.3 is 0 Å². The van der Waals surface area contributed by atoms with Crippen LogP contribution in [0.4, 0.5) is 0 Å². The first-order chi connectivity index (χ1) is 10.9. The molecule has 1 aromatic carbocycles. The van der Waals surface area contributed by atoms with Crippen LogP contribution in [0.5, 0.6) is 0 Å². The Morgan fingerprint density at radius 2 is 2.00 bits per heavy atom. The summed E-state index contributed by atoms with van der Waals surface area (Å²) in [6.07, 6.45) is 0.866. The Balaban J connectivity index is 1.66. The highest BCUT2D eigenvalue weighted by Crippen LogP contribution is 2.36. The Labute approximate surface area is 136 Å². The van der Waals surface area contributed by atoms with E-state index in [1.165, 1.54) is 4.31 Å². The van der Waals surface area contributed by atoms with Gasteiger partial charge in [-0.2, -0.15) is 4.31 Å². The molecule has 6 nitrogen and oxygen atoms in total. The van der Waals surface area contributed by atoms with Crippen LogP contribution in [-0.4, -0.2) is 51.0 Å². The fraction of sp³-hybridized carbons (Fsp3) is 0.562. The van der Waals surface area contributed by atoms with Crippen molar-refractivity contribution in [1.29, 1.82) is 0 Å². The van der Waals surface area contributed by atoms with Gasteiger partial charge in [0.05, 0.1) is 23.5 Å². The number of carbonyl (C=O) groups is 1. The smallest absolute Gasteiger partial charge is 0.243 e. The number of sulfonamides is 1. The first-order valence-corrected chi connectivity index (χ1v) is 9.27. The molecule has 2 saturated heterocycles. The molecule has 2 aliphatic rings. The molecule has 0 unspecified atom stereocenters. The minimum Gasteiger partial charge on any atom is -0.373 e. The molecule has 1 amide bonds. The lowest BCUT2D eigenvalue weighted by Gasteiger charge is -2.19. The monoisotopic (exact) mass is 338 g/mol. The van der Waals surface area contributed by atoms with Gasteiger partial charge in [-0.15, -0.1) is 0 Å². The van der Waals surface area contributed by atoms with Gasteiger partial charge in [0.1, 0.15) is 0 Å². The van der Waals surface area contributed by atoms with E-state index >= 15 is 0 Å². The molecule has 2 fully saturated rings. The standard InChI is InChI=1S/C16H22N2O4S/c1-11-3-5-14(6-4-11)23(20,21)18-9-12-7-13(8-16(19)17-2)22-15(12)10-18/h3-6,12-13,15H,7-10H2,1-2H3,(H,17,19)/t12-,13-,15+/m1/s1. The van der Waals surface area contributed by atoms with Crippen LogP contribution in [0.1, 0.15) is 18.4 Å². The summed E-state index contributed by atoms with van der Waals surface area (Å²) in [6.45, 7) is 2.76. The molecular weight excluding hydrogens is 316 g/mol. The number of nitrogens with zero attached hydrogens (tertiary/aromatic N) is 1. The zero-order valence-electron chi connectivity index (χ0n) is 13.4. The molecule has 0 aromatic heterocycles. The predicted molar refractivity (Wildman–Crippen MR) is 85.4 cm³/mol.